The first-order chi connectivity index (χ1) is 7.14. The van der Waals surface area contributed by atoms with Crippen LogP contribution in [0, 0.1) is 0 Å². The van der Waals surface area contributed by atoms with Gasteiger partial charge in [0.2, 0.25) is 0 Å². The fourth-order valence-electron chi connectivity index (χ4n) is 2.36. The summed E-state index contributed by atoms with van der Waals surface area (Å²) in [6.07, 6.45) is 6.02. The van der Waals surface area contributed by atoms with Gasteiger partial charge in [0, 0.05) is 6.04 Å². The highest BCUT2D eigenvalue weighted by Gasteiger charge is 2.51. The number of aliphatic carboxylic acids is 1. The molecular formula is C11H19NO3. The van der Waals surface area contributed by atoms with Crippen LogP contribution in [0.1, 0.15) is 44.9 Å². The van der Waals surface area contributed by atoms with E-state index in [9.17, 15) is 9.90 Å². The molecule has 4 heteroatoms. The quantitative estimate of drug-likeness (QED) is 0.609. The summed E-state index contributed by atoms with van der Waals surface area (Å²) < 4.78 is 0. The lowest BCUT2D eigenvalue weighted by Gasteiger charge is -2.25. The molecule has 0 amide bonds. The van der Waals surface area contributed by atoms with Crippen molar-refractivity contribution in [1.29, 1.82) is 0 Å². The van der Waals surface area contributed by atoms with Gasteiger partial charge in [0.25, 0.3) is 0 Å². The molecule has 2 aliphatic carbocycles. The molecule has 0 aromatic carbocycles. The minimum atomic E-state index is -0.765. The van der Waals surface area contributed by atoms with Crippen LogP contribution in [0.25, 0.3) is 0 Å². The number of nitrogens with one attached hydrogen (secondary N) is 1. The zero-order valence-corrected chi connectivity index (χ0v) is 8.91. The normalized spacial score (nSPS) is 34.5. The zero-order valence-electron chi connectivity index (χ0n) is 8.91. The highest BCUT2D eigenvalue weighted by Crippen LogP contribution is 2.37. The first-order valence-electron chi connectivity index (χ1n) is 5.83. The minimum absolute atomic E-state index is 0.0221. The molecule has 0 aromatic rings. The van der Waals surface area contributed by atoms with Crippen LogP contribution in [0.2, 0.25) is 0 Å². The first-order valence-corrected chi connectivity index (χ1v) is 5.83. The van der Waals surface area contributed by atoms with Crippen molar-refractivity contribution in [3.05, 3.63) is 0 Å². The van der Waals surface area contributed by atoms with Crippen molar-refractivity contribution in [2.75, 3.05) is 0 Å². The lowest BCUT2D eigenvalue weighted by Crippen LogP contribution is -2.50. The van der Waals surface area contributed by atoms with E-state index < -0.39 is 11.5 Å². The molecule has 0 spiro atoms. The highest BCUT2D eigenvalue weighted by molar-refractivity contribution is 5.82. The van der Waals surface area contributed by atoms with Gasteiger partial charge in [-0.2, -0.15) is 0 Å². The first kappa shape index (κ1) is 10.9. The molecule has 2 unspecified atom stereocenters. The number of rotatable bonds is 3. The predicted molar refractivity (Wildman–Crippen MR) is 55.6 cm³/mol. The number of carboxylic acid groups (broad SMARTS) is 1. The van der Waals surface area contributed by atoms with Crippen molar-refractivity contribution < 1.29 is 15.0 Å². The molecule has 0 aromatic heterocycles. The third kappa shape index (κ3) is 2.32. The Kier molecular flexibility index (Phi) is 2.98. The summed E-state index contributed by atoms with van der Waals surface area (Å²) in [7, 11) is 0. The third-order valence-corrected chi connectivity index (χ3v) is 3.60. The van der Waals surface area contributed by atoms with E-state index in [1.165, 1.54) is 0 Å². The Bertz CT molecular complexity index is 250. The van der Waals surface area contributed by atoms with Crippen molar-refractivity contribution in [3.63, 3.8) is 0 Å². The van der Waals surface area contributed by atoms with Crippen molar-refractivity contribution in [1.82, 2.24) is 5.32 Å². The molecule has 2 aliphatic rings. The van der Waals surface area contributed by atoms with Crippen LogP contribution in [0.3, 0.4) is 0 Å². The SMILES string of the molecule is O=C(O)C1(NC2CCCCCC2O)CC1. The highest BCUT2D eigenvalue weighted by atomic mass is 16.4. The second-order valence-corrected chi connectivity index (χ2v) is 4.84. The molecule has 2 fully saturated rings. The number of hydrogen-bond donors (Lipinski definition) is 3. The van der Waals surface area contributed by atoms with Crippen molar-refractivity contribution >= 4 is 5.97 Å². The Balaban J connectivity index is 1.94. The molecule has 0 radical (unpaired) electrons. The smallest absolute Gasteiger partial charge is 0.323 e. The summed E-state index contributed by atoms with van der Waals surface area (Å²) in [6, 6.07) is -0.0221. The molecule has 2 saturated carbocycles. The van der Waals surface area contributed by atoms with Crippen LogP contribution >= 0.6 is 0 Å². The summed E-state index contributed by atoms with van der Waals surface area (Å²) >= 11 is 0. The van der Waals surface area contributed by atoms with E-state index >= 15 is 0 Å². The van der Waals surface area contributed by atoms with Crippen LogP contribution < -0.4 is 5.32 Å². The molecule has 0 heterocycles. The molecule has 0 bridgehead atoms. The van der Waals surface area contributed by atoms with E-state index in [1.807, 2.05) is 0 Å². The summed E-state index contributed by atoms with van der Waals surface area (Å²) in [5.41, 5.74) is -0.712. The summed E-state index contributed by atoms with van der Waals surface area (Å²) in [4.78, 5) is 11.0. The molecule has 2 rings (SSSR count). The maximum Gasteiger partial charge on any atom is 0.323 e. The lowest BCUT2D eigenvalue weighted by molar-refractivity contribution is -0.141. The van der Waals surface area contributed by atoms with E-state index in [1.54, 1.807) is 0 Å². The molecule has 4 nitrogen and oxygen atoms in total. The number of aliphatic hydroxyl groups is 1. The molecule has 0 aliphatic heterocycles. The van der Waals surface area contributed by atoms with Crippen molar-refractivity contribution in [2.24, 2.45) is 0 Å². The molecular weight excluding hydrogens is 194 g/mol. The van der Waals surface area contributed by atoms with Gasteiger partial charge in [-0.1, -0.05) is 19.3 Å². The largest absolute Gasteiger partial charge is 0.480 e. The third-order valence-electron chi connectivity index (χ3n) is 3.60. The summed E-state index contributed by atoms with van der Waals surface area (Å²) in [6.45, 7) is 0. The van der Waals surface area contributed by atoms with Gasteiger partial charge in [-0.15, -0.1) is 0 Å². The van der Waals surface area contributed by atoms with E-state index in [0.29, 0.717) is 12.8 Å². The van der Waals surface area contributed by atoms with Gasteiger partial charge in [-0.25, -0.2) is 0 Å². The van der Waals surface area contributed by atoms with Gasteiger partial charge in [0.1, 0.15) is 5.54 Å². The van der Waals surface area contributed by atoms with E-state index in [2.05, 4.69) is 5.32 Å². The average Bonchev–Trinajstić information content (AvgIpc) is 2.96. The minimum Gasteiger partial charge on any atom is -0.480 e. The second-order valence-electron chi connectivity index (χ2n) is 4.84. The molecule has 86 valence electrons. The Morgan fingerprint density at radius 2 is 1.87 bits per heavy atom. The monoisotopic (exact) mass is 213 g/mol. The summed E-state index contributed by atoms with van der Waals surface area (Å²) in [5, 5.41) is 22.1. The number of carboxylic acids is 1. The maximum atomic E-state index is 11.0. The van der Waals surface area contributed by atoms with Crippen LogP contribution in [0.15, 0.2) is 0 Å². The zero-order chi connectivity index (χ0) is 10.9. The van der Waals surface area contributed by atoms with Crippen molar-refractivity contribution in [3.8, 4) is 0 Å². The molecule has 2 atom stereocenters. The van der Waals surface area contributed by atoms with E-state index in [0.717, 1.165) is 32.1 Å². The number of carbonyl (C=O) groups is 1. The standard InChI is InChI=1S/C11H19NO3/c13-9-5-3-1-2-4-8(9)12-11(6-7-11)10(14)15/h8-9,12-13H,1-7H2,(H,14,15). The number of aliphatic hydroxyl groups excluding tert-OH is 1. The molecule has 3 N–H and O–H groups in total. The molecule has 0 saturated heterocycles. The topological polar surface area (TPSA) is 69.6 Å². The van der Waals surface area contributed by atoms with Gasteiger partial charge in [0.15, 0.2) is 0 Å². The van der Waals surface area contributed by atoms with Crippen LogP contribution in [-0.2, 0) is 4.79 Å². The molecule has 15 heavy (non-hydrogen) atoms. The van der Waals surface area contributed by atoms with Gasteiger partial charge in [-0.3, -0.25) is 10.1 Å². The van der Waals surface area contributed by atoms with Crippen molar-refractivity contribution in [2.45, 2.75) is 62.6 Å². The second kappa shape index (κ2) is 4.10. The Morgan fingerprint density at radius 1 is 1.20 bits per heavy atom. The van der Waals surface area contributed by atoms with Gasteiger partial charge in [-0.05, 0) is 25.7 Å². The van der Waals surface area contributed by atoms with Crippen LogP contribution in [0.4, 0.5) is 0 Å². The van der Waals surface area contributed by atoms with Crippen LogP contribution in [-0.4, -0.2) is 33.9 Å². The van der Waals surface area contributed by atoms with Crippen LogP contribution in [0.5, 0.6) is 0 Å². The Morgan fingerprint density at radius 3 is 2.47 bits per heavy atom. The van der Waals surface area contributed by atoms with Gasteiger partial charge < -0.3 is 10.2 Å². The maximum absolute atomic E-state index is 11.0. The fourth-order valence-corrected chi connectivity index (χ4v) is 2.36. The Hall–Kier alpha value is -0.610. The predicted octanol–water partition coefficient (Wildman–Crippen LogP) is 0.887. The number of hydrogen-bond acceptors (Lipinski definition) is 3. The van der Waals surface area contributed by atoms with E-state index in [-0.39, 0.29) is 12.1 Å². The van der Waals surface area contributed by atoms with Gasteiger partial charge >= 0.3 is 5.97 Å². The average molecular weight is 213 g/mol. The fraction of sp³-hybridized carbons (Fsp3) is 0.909. The lowest BCUT2D eigenvalue weighted by atomic mass is 10.0. The van der Waals surface area contributed by atoms with Gasteiger partial charge in [0.05, 0.1) is 6.10 Å². The Labute approximate surface area is 89.7 Å². The summed E-state index contributed by atoms with van der Waals surface area (Å²) in [5.74, 6) is -0.765. The van der Waals surface area contributed by atoms with E-state index in [4.69, 9.17) is 5.11 Å².